The van der Waals surface area contributed by atoms with Crippen LogP contribution in [0.4, 0.5) is 17.5 Å². The molecular weight excluding hydrogens is 246 g/mol. The van der Waals surface area contributed by atoms with Gasteiger partial charge in [-0.25, -0.2) is 4.98 Å². The highest BCUT2D eigenvalue weighted by molar-refractivity contribution is 5.58. The van der Waals surface area contributed by atoms with Crippen molar-refractivity contribution in [1.29, 1.82) is 0 Å². The molecule has 0 bridgehead atoms. The minimum atomic E-state index is -0.581. The molecule has 19 heavy (non-hydrogen) atoms. The van der Waals surface area contributed by atoms with E-state index in [-0.39, 0.29) is 23.1 Å². The summed E-state index contributed by atoms with van der Waals surface area (Å²) in [6.07, 6.45) is 0.292. The second-order valence-electron chi connectivity index (χ2n) is 4.12. The minimum absolute atomic E-state index is 0.0633. The predicted molar refractivity (Wildman–Crippen MR) is 71.5 cm³/mol. The lowest BCUT2D eigenvalue weighted by Crippen LogP contribution is -2.09. The van der Waals surface area contributed by atoms with Gasteiger partial charge in [-0.1, -0.05) is 24.3 Å². The molecule has 0 fully saturated rings. The zero-order valence-corrected chi connectivity index (χ0v) is 10.3. The SMILES string of the molecule is Cc1ccccc1Cc1nc(N)nc(N)c1[N+](=O)[O-]. The third-order valence-electron chi connectivity index (χ3n) is 2.80. The molecule has 2 aromatic rings. The van der Waals surface area contributed by atoms with Crippen LogP contribution in [0.15, 0.2) is 24.3 Å². The van der Waals surface area contributed by atoms with Gasteiger partial charge in [-0.3, -0.25) is 10.1 Å². The lowest BCUT2D eigenvalue weighted by molar-refractivity contribution is -0.385. The van der Waals surface area contributed by atoms with E-state index in [1.165, 1.54) is 0 Å². The molecule has 1 aromatic heterocycles. The number of rotatable bonds is 3. The van der Waals surface area contributed by atoms with Crippen molar-refractivity contribution < 1.29 is 4.92 Å². The van der Waals surface area contributed by atoms with Gasteiger partial charge < -0.3 is 11.5 Å². The van der Waals surface area contributed by atoms with E-state index in [2.05, 4.69) is 9.97 Å². The largest absolute Gasteiger partial charge is 0.378 e. The molecule has 0 saturated heterocycles. The van der Waals surface area contributed by atoms with E-state index >= 15 is 0 Å². The minimum Gasteiger partial charge on any atom is -0.378 e. The van der Waals surface area contributed by atoms with Gasteiger partial charge in [0, 0.05) is 6.42 Å². The Bertz CT molecular complexity index is 642. The Kier molecular flexibility index (Phi) is 3.28. The number of aryl methyl sites for hydroxylation is 1. The van der Waals surface area contributed by atoms with Crippen molar-refractivity contribution in [1.82, 2.24) is 9.97 Å². The molecule has 0 aliphatic heterocycles. The van der Waals surface area contributed by atoms with Crippen molar-refractivity contribution in [3.05, 3.63) is 51.2 Å². The van der Waals surface area contributed by atoms with E-state index in [1.54, 1.807) is 0 Å². The molecule has 7 nitrogen and oxygen atoms in total. The van der Waals surface area contributed by atoms with Gasteiger partial charge in [-0.15, -0.1) is 0 Å². The Balaban J connectivity index is 2.51. The van der Waals surface area contributed by atoms with Crippen molar-refractivity contribution in [2.75, 3.05) is 11.5 Å². The van der Waals surface area contributed by atoms with Crippen LogP contribution in [0.1, 0.15) is 16.8 Å². The van der Waals surface area contributed by atoms with Crippen LogP contribution in [0.25, 0.3) is 0 Å². The summed E-state index contributed by atoms with van der Waals surface area (Å²) in [6, 6.07) is 7.57. The molecule has 7 heteroatoms. The average Bonchev–Trinajstić information content (AvgIpc) is 2.30. The number of aromatic nitrogens is 2. The molecule has 98 valence electrons. The molecule has 0 spiro atoms. The number of nitrogen functional groups attached to an aromatic ring is 2. The van der Waals surface area contributed by atoms with E-state index in [1.807, 2.05) is 31.2 Å². The predicted octanol–water partition coefficient (Wildman–Crippen LogP) is 1.45. The van der Waals surface area contributed by atoms with Gasteiger partial charge >= 0.3 is 5.69 Å². The molecule has 2 rings (SSSR count). The summed E-state index contributed by atoms with van der Waals surface area (Å²) in [5.41, 5.74) is 12.9. The highest BCUT2D eigenvalue weighted by Gasteiger charge is 2.22. The quantitative estimate of drug-likeness (QED) is 0.635. The third-order valence-corrected chi connectivity index (χ3v) is 2.80. The first-order valence-corrected chi connectivity index (χ1v) is 5.59. The van der Waals surface area contributed by atoms with Crippen LogP contribution in [-0.2, 0) is 6.42 Å². The van der Waals surface area contributed by atoms with E-state index in [0.717, 1.165) is 11.1 Å². The first kappa shape index (κ1) is 12.7. The number of nitro groups is 1. The first-order valence-electron chi connectivity index (χ1n) is 5.59. The first-order chi connectivity index (χ1) is 8.99. The topological polar surface area (TPSA) is 121 Å². The summed E-state index contributed by atoms with van der Waals surface area (Å²) in [4.78, 5) is 18.0. The number of benzene rings is 1. The normalized spacial score (nSPS) is 10.4. The summed E-state index contributed by atoms with van der Waals surface area (Å²) in [6.45, 7) is 1.93. The number of nitrogens with two attached hydrogens (primary N) is 2. The summed E-state index contributed by atoms with van der Waals surface area (Å²) in [7, 11) is 0. The molecule has 1 aromatic carbocycles. The van der Waals surface area contributed by atoms with Crippen LogP contribution in [0, 0.1) is 17.0 Å². The zero-order valence-electron chi connectivity index (χ0n) is 10.3. The number of hydrogen-bond donors (Lipinski definition) is 2. The molecule has 4 N–H and O–H groups in total. The molecule has 0 aliphatic carbocycles. The summed E-state index contributed by atoms with van der Waals surface area (Å²) in [5, 5.41) is 11.0. The second-order valence-corrected chi connectivity index (χ2v) is 4.12. The Morgan fingerprint density at radius 3 is 2.58 bits per heavy atom. The van der Waals surface area contributed by atoms with Gasteiger partial charge in [0.2, 0.25) is 11.8 Å². The van der Waals surface area contributed by atoms with Gasteiger partial charge in [0.15, 0.2) is 0 Å². The molecular formula is C12H13N5O2. The molecule has 0 amide bonds. The molecule has 0 radical (unpaired) electrons. The van der Waals surface area contributed by atoms with Crippen LogP contribution in [-0.4, -0.2) is 14.9 Å². The molecule has 0 saturated carbocycles. The highest BCUT2D eigenvalue weighted by Crippen LogP contribution is 2.26. The molecule has 0 unspecified atom stereocenters. The maximum absolute atomic E-state index is 11.0. The molecule has 0 atom stereocenters. The van der Waals surface area contributed by atoms with Gasteiger partial charge in [0.1, 0.15) is 5.69 Å². The average molecular weight is 259 g/mol. The van der Waals surface area contributed by atoms with Crippen molar-refractivity contribution in [3.8, 4) is 0 Å². The van der Waals surface area contributed by atoms with E-state index < -0.39 is 4.92 Å². The Morgan fingerprint density at radius 1 is 1.26 bits per heavy atom. The molecule has 0 aliphatic rings. The lowest BCUT2D eigenvalue weighted by Gasteiger charge is -2.07. The van der Waals surface area contributed by atoms with Gasteiger partial charge in [-0.2, -0.15) is 4.98 Å². The smallest absolute Gasteiger partial charge is 0.332 e. The van der Waals surface area contributed by atoms with Gasteiger partial charge in [-0.05, 0) is 18.1 Å². The standard InChI is InChI=1S/C12H13N5O2/c1-7-4-2-3-5-8(7)6-9-10(17(18)19)11(13)16-12(14)15-9/h2-5H,6H2,1H3,(H4,13,14,15,16). The number of anilines is 2. The van der Waals surface area contributed by atoms with Gasteiger partial charge in [0.05, 0.1) is 4.92 Å². The summed E-state index contributed by atoms with van der Waals surface area (Å²) < 4.78 is 0. The monoisotopic (exact) mass is 259 g/mol. The Hall–Kier alpha value is -2.70. The molecule has 1 heterocycles. The number of nitrogens with zero attached hydrogens (tertiary/aromatic N) is 3. The van der Waals surface area contributed by atoms with Crippen molar-refractivity contribution in [3.63, 3.8) is 0 Å². The van der Waals surface area contributed by atoms with Crippen molar-refractivity contribution in [2.45, 2.75) is 13.3 Å². The maximum Gasteiger partial charge on any atom is 0.332 e. The van der Waals surface area contributed by atoms with Crippen molar-refractivity contribution >= 4 is 17.5 Å². The fourth-order valence-corrected chi connectivity index (χ4v) is 1.85. The fraction of sp³-hybridized carbons (Fsp3) is 0.167. The maximum atomic E-state index is 11.0. The van der Waals surface area contributed by atoms with E-state index in [4.69, 9.17) is 11.5 Å². The number of hydrogen-bond acceptors (Lipinski definition) is 6. The van der Waals surface area contributed by atoms with E-state index in [9.17, 15) is 10.1 Å². The zero-order chi connectivity index (χ0) is 14.0. The second kappa shape index (κ2) is 4.89. The van der Waals surface area contributed by atoms with Crippen molar-refractivity contribution in [2.24, 2.45) is 0 Å². The Labute approximate surface area is 109 Å². The summed E-state index contributed by atoms with van der Waals surface area (Å²) in [5.74, 6) is -0.271. The van der Waals surface area contributed by atoms with Crippen LogP contribution in [0.3, 0.4) is 0 Å². The van der Waals surface area contributed by atoms with Crippen LogP contribution >= 0.6 is 0 Å². The van der Waals surface area contributed by atoms with E-state index in [0.29, 0.717) is 6.42 Å². The van der Waals surface area contributed by atoms with Crippen LogP contribution in [0.5, 0.6) is 0 Å². The third kappa shape index (κ3) is 2.59. The highest BCUT2D eigenvalue weighted by atomic mass is 16.6. The van der Waals surface area contributed by atoms with Gasteiger partial charge in [0.25, 0.3) is 0 Å². The Morgan fingerprint density at radius 2 is 1.95 bits per heavy atom. The van der Waals surface area contributed by atoms with Crippen LogP contribution in [0.2, 0.25) is 0 Å². The summed E-state index contributed by atoms with van der Waals surface area (Å²) >= 11 is 0. The fourth-order valence-electron chi connectivity index (χ4n) is 1.85. The van der Waals surface area contributed by atoms with Crippen LogP contribution < -0.4 is 11.5 Å². The lowest BCUT2D eigenvalue weighted by atomic mass is 10.0.